The van der Waals surface area contributed by atoms with E-state index in [9.17, 15) is 18.0 Å². The minimum absolute atomic E-state index is 0.131. The lowest BCUT2D eigenvalue weighted by molar-refractivity contribution is -0.146. The third-order valence-corrected chi connectivity index (χ3v) is 5.78. The molecule has 0 unspecified atom stereocenters. The molecule has 0 spiro atoms. The highest BCUT2D eigenvalue weighted by Crippen LogP contribution is 2.33. The van der Waals surface area contributed by atoms with Gasteiger partial charge in [-0.3, -0.25) is 9.69 Å². The van der Waals surface area contributed by atoms with Gasteiger partial charge in [0.25, 0.3) is 0 Å². The van der Waals surface area contributed by atoms with Gasteiger partial charge >= 0.3 is 6.18 Å². The Labute approximate surface area is 162 Å². The lowest BCUT2D eigenvalue weighted by Crippen LogP contribution is -2.58. The lowest BCUT2D eigenvalue weighted by Gasteiger charge is -2.46. The normalized spacial score (nSPS) is 23.1. The Bertz CT molecular complexity index is 820. The minimum Gasteiger partial charge on any atom is -0.337 e. The zero-order valence-corrected chi connectivity index (χ0v) is 15.5. The van der Waals surface area contributed by atoms with Crippen LogP contribution in [0.5, 0.6) is 0 Å². The smallest absolute Gasteiger partial charge is 0.337 e. The second-order valence-electron chi connectivity index (χ2n) is 7.78. The summed E-state index contributed by atoms with van der Waals surface area (Å²) < 4.78 is 38.3. The van der Waals surface area contributed by atoms with E-state index in [4.69, 9.17) is 0 Å². The fourth-order valence-corrected chi connectivity index (χ4v) is 4.29. The van der Waals surface area contributed by atoms with Crippen LogP contribution >= 0.6 is 0 Å². The fourth-order valence-electron chi connectivity index (χ4n) is 4.29. The predicted octanol–water partition coefficient (Wildman–Crippen LogP) is 4.33. The van der Waals surface area contributed by atoms with Gasteiger partial charge in [-0.2, -0.15) is 13.2 Å². The SMILES string of the molecule is O=C1[C@H]2C[C@H](CCN2Cc2ccc(C(F)(F)F)cc2)CN1Cc1ccccc1. The van der Waals surface area contributed by atoms with Crippen LogP contribution in [0.4, 0.5) is 13.2 Å². The number of hydrogen-bond donors (Lipinski definition) is 0. The molecule has 1 amide bonds. The number of alkyl halides is 3. The van der Waals surface area contributed by atoms with E-state index >= 15 is 0 Å². The molecule has 6 heteroatoms. The molecule has 2 aromatic carbocycles. The summed E-state index contributed by atoms with van der Waals surface area (Å²) >= 11 is 0. The molecule has 0 saturated carbocycles. The Morgan fingerprint density at radius 1 is 0.929 bits per heavy atom. The minimum atomic E-state index is -4.33. The molecule has 2 aliphatic rings. The topological polar surface area (TPSA) is 23.6 Å². The van der Waals surface area contributed by atoms with Crippen molar-refractivity contribution >= 4 is 5.91 Å². The van der Waals surface area contributed by atoms with Crippen molar-refractivity contribution in [3.05, 3.63) is 71.3 Å². The van der Waals surface area contributed by atoms with Crippen LogP contribution in [0.1, 0.15) is 29.5 Å². The number of hydrogen-bond acceptors (Lipinski definition) is 2. The third-order valence-electron chi connectivity index (χ3n) is 5.78. The first kappa shape index (κ1) is 19.0. The van der Waals surface area contributed by atoms with E-state index in [1.807, 2.05) is 35.2 Å². The summed E-state index contributed by atoms with van der Waals surface area (Å²) in [6, 6.07) is 15.0. The molecule has 4 rings (SSSR count). The van der Waals surface area contributed by atoms with Crippen LogP contribution in [-0.4, -0.2) is 34.8 Å². The Hall–Kier alpha value is -2.34. The van der Waals surface area contributed by atoms with E-state index in [2.05, 4.69) is 4.90 Å². The van der Waals surface area contributed by atoms with Gasteiger partial charge < -0.3 is 4.90 Å². The Morgan fingerprint density at radius 3 is 2.29 bits per heavy atom. The van der Waals surface area contributed by atoms with Crippen LogP contribution in [0.3, 0.4) is 0 Å². The second kappa shape index (κ2) is 7.59. The molecule has 0 radical (unpaired) electrons. The molecule has 2 aliphatic heterocycles. The number of halogens is 3. The molecule has 148 valence electrons. The lowest BCUT2D eigenvalue weighted by atomic mass is 9.85. The molecular formula is C22H23F3N2O. The molecule has 2 saturated heterocycles. The molecule has 2 heterocycles. The van der Waals surface area contributed by atoms with Crippen molar-refractivity contribution in [1.82, 2.24) is 9.80 Å². The molecule has 0 aliphatic carbocycles. The van der Waals surface area contributed by atoms with Gasteiger partial charge in [-0.15, -0.1) is 0 Å². The Balaban J connectivity index is 1.45. The van der Waals surface area contributed by atoms with Gasteiger partial charge in [0.2, 0.25) is 5.91 Å². The van der Waals surface area contributed by atoms with Gasteiger partial charge in [0.1, 0.15) is 0 Å². The number of amides is 1. The summed E-state index contributed by atoms with van der Waals surface area (Å²) in [4.78, 5) is 17.1. The van der Waals surface area contributed by atoms with Crippen molar-refractivity contribution < 1.29 is 18.0 Å². The molecule has 2 bridgehead atoms. The number of likely N-dealkylation sites (tertiary alicyclic amines) is 2. The van der Waals surface area contributed by atoms with Crippen LogP contribution in [0.15, 0.2) is 54.6 Å². The number of carbonyl (C=O) groups excluding carboxylic acids is 1. The average molecular weight is 388 g/mol. The van der Waals surface area contributed by atoms with Crippen LogP contribution in [-0.2, 0) is 24.1 Å². The van der Waals surface area contributed by atoms with Gasteiger partial charge in [-0.05, 0) is 48.6 Å². The largest absolute Gasteiger partial charge is 0.416 e. The van der Waals surface area contributed by atoms with E-state index < -0.39 is 11.7 Å². The first-order valence-corrected chi connectivity index (χ1v) is 9.63. The molecule has 0 N–H and O–H groups in total. The molecule has 0 aromatic heterocycles. The molecule has 2 atom stereocenters. The zero-order valence-electron chi connectivity index (χ0n) is 15.5. The summed E-state index contributed by atoms with van der Waals surface area (Å²) in [5.74, 6) is 0.627. The van der Waals surface area contributed by atoms with E-state index in [0.717, 1.165) is 49.2 Å². The Kier molecular flexibility index (Phi) is 5.15. The number of benzene rings is 2. The maximum Gasteiger partial charge on any atom is 0.416 e. The first-order chi connectivity index (χ1) is 13.4. The van der Waals surface area contributed by atoms with Crippen LogP contribution in [0, 0.1) is 5.92 Å². The molecule has 28 heavy (non-hydrogen) atoms. The van der Waals surface area contributed by atoms with Crippen molar-refractivity contribution in [2.45, 2.75) is 38.1 Å². The first-order valence-electron chi connectivity index (χ1n) is 9.63. The second-order valence-corrected chi connectivity index (χ2v) is 7.78. The van der Waals surface area contributed by atoms with E-state index in [0.29, 0.717) is 19.0 Å². The molecular weight excluding hydrogens is 365 g/mol. The van der Waals surface area contributed by atoms with E-state index in [1.54, 1.807) is 0 Å². The van der Waals surface area contributed by atoms with Crippen molar-refractivity contribution in [3.8, 4) is 0 Å². The van der Waals surface area contributed by atoms with Crippen molar-refractivity contribution in [2.75, 3.05) is 13.1 Å². The van der Waals surface area contributed by atoms with Gasteiger partial charge in [0.15, 0.2) is 0 Å². The van der Waals surface area contributed by atoms with Gasteiger partial charge in [-0.1, -0.05) is 42.5 Å². The molecule has 3 nitrogen and oxygen atoms in total. The highest BCUT2D eigenvalue weighted by Gasteiger charge is 2.41. The maximum atomic E-state index is 13.1. The highest BCUT2D eigenvalue weighted by molar-refractivity contribution is 5.83. The van der Waals surface area contributed by atoms with Crippen LogP contribution < -0.4 is 0 Å². The zero-order chi connectivity index (χ0) is 19.7. The van der Waals surface area contributed by atoms with E-state index in [1.165, 1.54) is 12.1 Å². The quantitative estimate of drug-likeness (QED) is 0.779. The van der Waals surface area contributed by atoms with Crippen LogP contribution in [0.25, 0.3) is 0 Å². The summed E-state index contributed by atoms with van der Waals surface area (Å²) in [5, 5.41) is 0. The fraction of sp³-hybridized carbons (Fsp3) is 0.409. The monoisotopic (exact) mass is 388 g/mol. The number of rotatable bonds is 4. The van der Waals surface area contributed by atoms with E-state index in [-0.39, 0.29) is 11.9 Å². The number of piperidine rings is 2. The number of fused-ring (bicyclic) bond motifs is 2. The third kappa shape index (κ3) is 4.07. The molecule has 2 aromatic rings. The van der Waals surface area contributed by atoms with Gasteiger partial charge in [-0.25, -0.2) is 0 Å². The van der Waals surface area contributed by atoms with Crippen LogP contribution in [0.2, 0.25) is 0 Å². The molecule has 2 fully saturated rings. The summed E-state index contributed by atoms with van der Waals surface area (Å²) in [6.07, 6.45) is -2.48. The summed E-state index contributed by atoms with van der Waals surface area (Å²) in [7, 11) is 0. The number of nitrogens with zero attached hydrogens (tertiary/aromatic N) is 2. The average Bonchev–Trinajstić information content (AvgIpc) is 2.68. The Morgan fingerprint density at radius 2 is 1.61 bits per heavy atom. The summed E-state index contributed by atoms with van der Waals surface area (Å²) in [5.41, 5.74) is 1.28. The van der Waals surface area contributed by atoms with Crippen molar-refractivity contribution in [1.29, 1.82) is 0 Å². The standard InChI is InChI=1S/C22H23F3N2O/c23-22(24,25)19-8-6-17(7-9-19)13-26-11-10-18-12-20(26)21(28)27(15-18)14-16-4-2-1-3-5-16/h1-9,18,20H,10-15H2/t18-,20+/m0/s1. The summed E-state index contributed by atoms with van der Waals surface area (Å²) in [6.45, 7) is 2.71. The highest BCUT2D eigenvalue weighted by atomic mass is 19.4. The number of carbonyl (C=O) groups is 1. The van der Waals surface area contributed by atoms with Gasteiger partial charge in [0, 0.05) is 19.6 Å². The van der Waals surface area contributed by atoms with Gasteiger partial charge in [0.05, 0.1) is 11.6 Å². The maximum absolute atomic E-state index is 13.1. The van der Waals surface area contributed by atoms with Crippen molar-refractivity contribution in [2.24, 2.45) is 5.92 Å². The predicted molar refractivity (Wildman–Crippen MR) is 100 cm³/mol. The van der Waals surface area contributed by atoms with Crippen molar-refractivity contribution in [3.63, 3.8) is 0 Å².